The SMILES string of the molecule is CCCCCC(=O)CCC(=O)N[C@@H](CS)C(=O)C[C@H]1CCc2cn(nn2)CCC[C@@H](C(=O)C[C@@H](Cc2ccc(O)cc2)C(=O)O)NC(=O)[C@H](CCC(N)=O)CC(=O)[C@H](Cc2c[nH]c3ccccc23)NC(=O)[C@H](CCCNC(N)=O)CC(=O)[C@H](CS)NC(=O)[C@H](CCCN=C(N)N)CC(=O)[C@@H]2CCCN2C(=O)[C@H](CC(=O)O)CC(=O)[C@H]([C@@H](C)O)NC1=O. The van der Waals surface area contributed by atoms with Crippen LogP contribution in [0.5, 0.6) is 5.75 Å². The number of aliphatic imine (C=N–C) groups is 1. The van der Waals surface area contributed by atoms with Gasteiger partial charge in [-0.25, -0.2) is 4.79 Å². The zero-order valence-corrected chi connectivity index (χ0v) is 70.1. The number of primary amides is 2. The van der Waals surface area contributed by atoms with Crippen molar-refractivity contribution in [2.45, 2.75) is 236 Å². The number of hydrogen-bond acceptors (Lipinski definition) is 24. The number of nitrogens with two attached hydrogens (primary N) is 4. The summed E-state index contributed by atoms with van der Waals surface area (Å²) in [5.74, 6) is -23.8. The van der Waals surface area contributed by atoms with E-state index in [1.165, 1.54) is 35.1 Å². The summed E-state index contributed by atoms with van der Waals surface area (Å²) >= 11 is 8.75. The summed E-state index contributed by atoms with van der Waals surface area (Å²) in [6.07, 6.45) is -3.61. The first kappa shape index (κ1) is 98.9. The summed E-state index contributed by atoms with van der Waals surface area (Å²) in [6, 6.07) is 2.68. The van der Waals surface area contributed by atoms with E-state index in [1.807, 2.05) is 6.92 Å². The van der Waals surface area contributed by atoms with Gasteiger partial charge in [0.2, 0.25) is 41.4 Å². The molecule has 4 aromatic rings. The number of phenolic OH excluding ortho intramolecular Hbond substituents is 1. The third-order valence-electron chi connectivity index (χ3n) is 21.7. The van der Waals surface area contributed by atoms with Crippen LogP contribution in [0, 0.1) is 35.5 Å². The molecule has 1 saturated heterocycles. The lowest BCUT2D eigenvalue weighted by atomic mass is 9.88. The Labute approximate surface area is 711 Å². The van der Waals surface area contributed by atoms with Crippen LogP contribution < -0.4 is 54.8 Å². The molecule has 2 aromatic carbocycles. The van der Waals surface area contributed by atoms with Crippen LogP contribution in [0.3, 0.4) is 0 Å². The van der Waals surface area contributed by atoms with Crippen molar-refractivity contribution in [3.05, 3.63) is 77.7 Å². The van der Waals surface area contributed by atoms with Crippen molar-refractivity contribution < 1.29 is 102 Å². The normalized spacial score (nSPS) is 22.2. The van der Waals surface area contributed by atoms with E-state index >= 15 is 14.4 Å². The number of nitrogens with zero attached hydrogens (tertiary/aromatic N) is 5. The number of ketones is 7. The van der Waals surface area contributed by atoms with Gasteiger partial charge in [0.15, 0.2) is 40.7 Å². The van der Waals surface area contributed by atoms with Crippen LogP contribution in [0.1, 0.15) is 185 Å². The number of unbranched alkanes of at least 4 members (excludes halogenated alkanes) is 2. The molecule has 13 atom stereocenters. The Hall–Kier alpha value is -11.0. The van der Waals surface area contributed by atoms with Crippen molar-refractivity contribution in [1.29, 1.82) is 0 Å². The highest BCUT2D eigenvalue weighted by atomic mass is 32.1. The van der Waals surface area contributed by atoms with Crippen LogP contribution in [0.2, 0.25) is 0 Å². The molecule has 19 N–H and O–H groups in total. The number of carbonyl (C=O) groups excluding carboxylic acids is 15. The van der Waals surface area contributed by atoms with Gasteiger partial charge < -0.3 is 85.1 Å². The third-order valence-corrected chi connectivity index (χ3v) is 22.5. The highest BCUT2D eigenvalue weighted by molar-refractivity contribution is 7.80. The fourth-order valence-electron chi connectivity index (χ4n) is 14.9. The number of aliphatic hydroxyl groups is 1. The summed E-state index contributed by atoms with van der Waals surface area (Å²) in [5, 5.41) is 66.9. The molecule has 121 heavy (non-hydrogen) atoms. The number of aliphatic carboxylic acids is 2. The molecule has 0 unspecified atom stereocenters. The number of aromatic amines is 1. The van der Waals surface area contributed by atoms with Gasteiger partial charge in [0, 0.05) is 155 Å². The van der Waals surface area contributed by atoms with Crippen molar-refractivity contribution in [1.82, 2.24) is 56.8 Å². The number of guanidine groups is 1. The molecule has 2 bridgehead atoms. The van der Waals surface area contributed by atoms with Gasteiger partial charge in [0.25, 0.3) is 0 Å². The van der Waals surface area contributed by atoms with Gasteiger partial charge in [-0.15, -0.1) is 5.10 Å². The smallest absolute Gasteiger partial charge is 0.312 e. The maximum Gasteiger partial charge on any atom is 0.312 e. The summed E-state index contributed by atoms with van der Waals surface area (Å²) < 4.78 is 1.35. The quantitative estimate of drug-likeness (QED) is 0.0136. The van der Waals surface area contributed by atoms with E-state index in [0.29, 0.717) is 28.5 Å². The molecule has 37 nitrogen and oxygen atoms in total. The molecule has 0 saturated carbocycles. The molecular weight excluding hydrogens is 1610 g/mol. The van der Waals surface area contributed by atoms with Crippen LogP contribution in [0.25, 0.3) is 10.9 Å². The second-order valence-electron chi connectivity index (χ2n) is 31.2. The number of amides is 9. The minimum absolute atomic E-state index is 0.0148. The first-order chi connectivity index (χ1) is 57.6. The zero-order valence-electron chi connectivity index (χ0n) is 68.3. The third kappa shape index (κ3) is 33.2. The largest absolute Gasteiger partial charge is 0.508 e. The molecule has 0 radical (unpaired) electrons. The molecule has 2 aliphatic rings. The number of aliphatic hydroxyl groups excluding tert-OH is 1. The molecule has 9 amide bonds. The standard InChI is InChI=1S/C82H116N16O21S2/c1-3-4-5-14-56(100)26-28-72(109)90-62(44-120)67(104)37-50-21-23-55-43-97(96-95-55)31-10-17-60(65(102)40-53(80(117)118)33-47-19-24-57(101)25-20-47)91-77(114)51(22-27-71(83)108)36-66(103)61(34-54-42-89-59-16-7-6-15-58(54)59)92-75(112)48(13-9-30-88-82(86)119)35-68(105)63(45-121)93-76(113)49(12-8-29-87-81(84)85)38-69(106)64-18-11-32-98(64)79(116)52(41-73(110)111)39-70(107)74(46(2)99)94-78(50)115/h6-7,15-16,19-20,24-25,42-43,46,48-53,60-64,74,89,99,101,120-121H,3-5,8-14,17-18,21-23,26-41,44-45H2,1-2H3,(H2,83,108)(H,90,109)(H,91,114)(H,92,112)(H,93,113)(H,94,115)(H,110,111)(H,117,118)(H4,84,85,87)(H3,86,88,119)/t46-,48-,49-,50-,51-,52+,53-,60+,61+,62+,63+,64+,74+/m1/s1. The summed E-state index contributed by atoms with van der Waals surface area (Å²) in [4.78, 5) is 248. The van der Waals surface area contributed by atoms with E-state index in [2.05, 4.69) is 77.4 Å². The summed E-state index contributed by atoms with van der Waals surface area (Å²) in [6.45, 7) is 2.79. The van der Waals surface area contributed by atoms with Gasteiger partial charge in [-0.05, 0) is 120 Å². The number of para-hydroxylation sites is 1. The van der Waals surface area contributed by atoms with Crippen LogP contribution in [0.4, 0.5) is 4.79 Å². The number of phenols is 1. The van der Waals surface area contributed by atoms with E-state index in [9.17, 15) is 87.5 Å². The fraction of sp³-hybridized carbons (Fsp3) is 0.585. The Kier molecular flexibility index (Phi) is 41.1. The number of fused-ring (bicyclic) bond motifs is 4. The van der Waals surface area contributed by atoms with Gasteiger partial charge in [0.1, 0.15) is 17.6 Å². The zero-order chi connectivity index (χ0) is 89.0. The lowest BCUT2D eigenvalue weighted by Gasteiger charge is -2.30. The molecule has 662 valence electrons. The Balaban J connectivity index is 1.45. The number of urea groups is 1. The Morgan fingerprint density at radius 2 is 1.31 bits per heavy atom. The van der Waals surface area contributed by atoms with E-state index < -0.39 is 230 Å². The maximum atomic E-state index is 15.3. The van der Waals surface area contributed by atoms with Crippen molar-refractivity contribution in [2.75, 3.05) is 31.1 Å². The van der Waals surface area contributed by atoms with E-state index in [0.717, 1.165) is 24.7 Å². The van der Waals surface area contributed by atoms with Crippen LogP contribution in [0.15, 0.2) is 65.9 Å². The highest BCUT2D eigenvalue weighted by Crippen LogP contribution is 2.30. The average molecular weight is 1730 g/mol. The minimum Gasteiger partial charge on any atom is -0.508 e. The number of aromatic nitrogens is 4. The molecule has 0 spiro atoms. The Bertz CT molecular complexity index is 4320. The Morgan fingerprint density at radius 3 is 1.96 bits per heavy atom. The molecule has 39 heteroatoms. The first-order valence-corrected chi connectivity index (χ1v) is 42.3. The second kappa shape index (κ2) is 50.3. The van der Waals surface area contributed by atoms with Crippen molar-refractivity contribution in [2.24, 2.45) is 63.4 Å². The van der Waals surface area contributed by atoms with Crippen LogP contribution in [-0.2, 0) is 103 Å². The Morgan fingerprint density at radius 1 is 0.678 bits per heavy atom. The maximum absolute atomic E-state index is 15.3. The first-order valence-electron chi connectivity index (χ1n) is 41.0. The summed E-state index contributed by atoms with van der Waals surface area (Å²) in [7, 11) is 0. The van der Waals surface area contributed by atoms with Crippen LogP contribution in [-0.4, -0.2) is 225 Å². The number of benzene rings is 2. The summed E-state index contributed by atoms with van der Waals surface area (Å²) in [5.41, 5.74) is 24.1. The van der Waals surface area contributed by atoms with Crippen LogP contribution >= 0.6 is 25.3 Å². The number of Topliss-reactive ketones (excluding diaryl/α,β-unsaturated/α-hetero) is 7. The molecule has 1 fully saturated rings. The van der Waals surface area contributed by atoms with Gasteiger partial charge in [-0.1, -0.05) is 55.3 Å². The number of thiol groups is 2. The van der Waals surface area contributed by atoms with Crippen molar-refractivity contribution in [3.8, 4) is 5.75 Å². The number of aromatic hydroxyl groups is 1. The number of rotatable bonds is 35. The van der Waals surface area contributed by atoms with Crippen molar-refractivity contribution >= 4 is 142 Å². The monoisotopic (exact) mass is 1720 g/mol. The fourth-order valence-corrected chi connectivity index (χ4v) is 15.5. The number of nitrogens with one attached hydrogen (secondary N) is 7. The molecule has 6 rings (SSSR count). The predicted octanol–water partition coefficient (Wildman–Crippen LogP) is 2.04. The number of carboxylic acids is 2. The molecular formula is C82H116N16O21S2. The molecule has 2 aliphatic heterocycles. The highest BCUT2D eigenvalue weighted by Gasteiger charge is 2.43. The lowest BCUT2D eigenvalue weighted by molar-refractivity contribution is -0.148. The molecule has 0 aliphatic carbocycles. The average Bonchev–Trinajstić information content (AvgIpc) is 1.68. The van der Waals surface area contributed by atoms with Gasteiger partial charge in [-0.2, -0.15) is 25.3 Å². The second-order valence-corrected chi connectivity index (χ2v) is 31.9. The lowest BCUT2D eigenvalue weighted by Crippen LogP contribution is -2.52. The number of carboxylic acid groups (broad SMARTS) is 2. The van der Waals surface area contributed by atoms with E-state index in [4.69, 9.17) is 22.9 Å². The molecule has 4 heterocycles. The van der Waals surface area contributed by atoms with Gasteiger partial charge in [0.05, 0.1) is 60.3 Å². The number of carbonyl (C=O) groups is 17. The number of hydrogen-bond donors (Lipinski definition) is 17. The minimum atomic E-state index is -1.87. The predicted molar refractivity (Wildman–Crippen MR) is 447 cm³/mol. The van der Waals surface area contributed by atoms with E-state index in [1.54, 1.807) is 30.5 Å². The number of aryl methyl sites for hydroxylation is 2. The topological polar surface area (TPSA) is 609 Å². The van der Waals surface area contributed by atoms with Gasteiger partial charge in [-0.3, -0.25) is 86.4 Å². The van der Waals surface area contributed by atoms with E-state index in [-0.39, 0.29) is 157 Å². The van der Waals surface area contributed by atoms with Crippen molar-refractivity contribution in [3.63, 3.8) is 0 Å². The molecule has 2 aromatic heterocycles. The van der Waals surface area contributed by atoms with Gasteiger partial charge >= 0.3 is 18.0 Å². The number of H-pyrrole nitrogens is 1.